The lowest BCUT2D eigenvalue weighted by Crippen LogP contribution is -2.30. The first kappa shape index (κ1) is 18.4. The summed E-state index contributed by atoms with van der Waals surface area (Å²) >= 11 is 0. The molecular weight excluding hydrogens is 338 g/mol. The number of nitrogens with one attached hydrogen (secondary N) is 1. The van der Waals surface area contributed by atoms with Gasteiger partial charge in [-0.1, -0.05) is 6.07 Å². The average molecular weight is 365 g/mol. The molecule has 3 rings (SSSR count). The normalized spacial score (nSPS) is 19.4. The van der Waals surface area contributed by atoms with Crippen molar-refractivity contribution in [3.8, 4) is 0 Å². The first-order valence-electron chi connectivity index (χ1n) is 9.18. The zero-order valence-electron chi connectivity index (χ0n) is 14.6. The Kier molecular flexibility index (Phi) is 6.09. The Morgan fingerprint density at radius 1 is 1.04 bits per heavy atom. The van der Waals surface area contributed by atoms with Crippen molar-refractivity contribution in [2.45, 2.75) is 37.0 Å². The van der Waals surface area contributed by atoms with Gasteiger partial charge in [0.2, 0.25) is 10.0 Å². The van der Waals surface area contributed by atoms with Crippen LogP contribution in [0.2, 0.25) is 0 Å². The first-order chi connectivity index (χ1) is 12.1. The van der Waals surface area contributed by atoms with E-state index in [0.717, 1.165) is 38.9 Å². The van der Waals surface area contributed by atoms with Crippen molar-refractivity contribution in [2.24, 2.45) is 0 Å². The Bertz CT molecular complexity index is 693. The van der Waals surface area contributed by atoms with Crippen LogP contribution < -0.4 is 5.32 Å². The third-order valence-electron chi connectivity index (χ3n) is 4.93. The highest BCUT2D eigenvalue weighted by Crippen LogP contribution is 2.21. The maximum atomic E-state index is 12.6. The van der Waals surface area contributed by atoms with Gasteiger partial charge in [-0.05, 0) is 69.9 Å². The molecule has 0 spiro atoms. The smallest absolute Gasteiger partial charge is 0.251 e. The van der Waals surface area contributed by atoms with Gasteiger partial charge in [-0.15, -0.1) is 0 Å². The summed E-state index contributed by atoms with van der Waals surface area (Å²) < 4.78 is 26.7. The van der Waals surface area contributed by atoms with Gasteiger partial charge in [-0.3, -0.25) is 4.79 Å². The number of nitrogens with zero attached hydrogens (tertiary/aromatic N) is 2. The van der Waals surface area contributed by atoms with Crippen molar-refractivity contribution in [1.29, 1.82) is 0 Å². The number of hydrogen-bond acceptors (Lipinski definition) is 4. The molecule has 0 unspecified atom stereocenters. The molecule has 1 aromatic rings. The van der Waals surface area contributed by atoms with Gasteiger partial charge in [0.05, 0.1) is 4.90 Å². The van der Waals surface area contributed by atoms with Crippen LogP contribution in [0.4, 0.5) is 0 Å². The molecule has 138 valence electrons. The molecule has 0 bridgehead atoms. The summed E-state index contributed by atoms with van der Waals surface area (Å²) in [6, 6.07) is 6.36. The van der Waals surface area contributed by atoms with E-state index in [1.807, 2.05) is 0 Å². The van der Waals surface area contributed by atoms with Crippen molar-refractivity contribution in [1.82, 2.24) is 14.5 Å². The highest BCUT2D eigenvalue weighted by atomic mass is 32.2. The third-order valence-corrected chi connectivity index (χ3v) is 6.83. The SMILES string of the molecule is O=C(NCCCN1CCCC1)c1cccc(S(=O)(=O)N2CCCC2)c1. The summed E-state index contributed by atoms with van der Waals surface area (Å²) in [7, 11) is -3.48. The molecule has 1 aromatic carbocycles. The second-order valence-corrected chi connectivity index (χ2v) is 8.74. The molecular formula is C18H27N3O3S. The maximum Gasteiger partial charge on any atom is 0.251 e. The van der Waals surface area contributed by atoms with E-state index in [1.165, 1.54) is 23.2 Å². The number of carbonyl (C=O) groups excluding carboxylic acids is 1. The molecule has 2 heterocycles. The third kappa shape index (κ3) is 4.59. The number of rotatable bonds is 7. The molecule has 1 amide bonds. The molecule has 0 saturated carbocycles. The molecule has 2 fully saturated rings. The second-order valence-electron chi connectivity index (χ2n) is 6.80. The summed E-state index contributed by atoms with van der Waals surface area (Å²) in [4.78, 5) is 14.9. The van der Waals surface area contributed by atoms with Crippen LogP contribution in [-0.2, 0) is 10.0 Å². The summed E-state index contributed by atoms with van der Waals surface area (Å²) in [6.07, 6.45) is 5.25. The molecule has 25 heavy (non-hydrogen) atoms. The van der Waals surface area contributed by atoms with Crippen LogP contribution in [0.3, 0.4) is 0 Å². The van der Waals surface area contributed by atoms with Crippen LogP contribution in [0.25, 0.3) is 0 Å². The van der Waals surface area contributed by atoms with Crippen LogP contribution in [0.5, 0.6) is 0 Å². The van der Waals surface area contributed by atoms with Crippen LogP contribution in [-0.4, -0.2) is 62.8 Å². The average Bonchev–Trinajstić information content (AvgIpc) is 3.32. The highest BCUT2D eigenvalue weighted by molar-refractivity contribution is 7.89. The minimum atomic E-state index is -3.48. The fraction of sp³-hybridized carbons (Fsp3) is 0.611. The van der Waals surface area contributed by atoms with Crippen LogP contribution in [0.1, 0.15) is 42.5 Å². The minimum absolute atomic E-state index is 0.208. The zero-order valence-corrected chi connectivity index (χ0v) is 15.4. The van der Waals surface area contributed by atoms with E-state index >= 15 is 0 Å². The number of sulfonamides is 1. The molecule has 2 aliphatic heterocycles. The molecule has 2 aliphatic rings. The Morgan fingerprint density at radius 3 is 2.44 bits per heavy atom. The van der Waals surface area contributed by atoms with Gasteiger partial charge < -0.3 is 10.2 Å². The van der Waals surface area contributed by atoms with Gasteiger partial charge in [0, 0.05) is 25.2 Å². The highest BCUT2D eigenvalue weighted by Gasteiger charge is 2.27. The molecule has 6 nitrogen and oxygen atoms in total. The van der Waals surface area contributed by atoms with E-state index in [2.05, 4.69) is 10.2 Å². The monoisotopic (exact) mass is 365 g/mol. The summed E-state index contributed by atoms with van der Waals surface area (Å²) in [5.41, 5.74) is 0.404. The number of carbonyl (C=O) groups is 1. The van der Waals surface area contributed by atoms with Gasteiger partial charge in [0.25, 0.3) is 5.91 Å². The second kappa shape index (κ2) is 8.29. The fourth-order valence-corrected chi connectivity index (χ4v) is 5.05. The summed E-state index contributed by atoms with van der Waals surface area (Å²) in [6.45, 7) is 5.06. The van der Waals surface area contributed by atoms with Crippen molar-refractivity contribution >= 4 is 15.9 Å². The van der Waals surface area contributed by atoms with Gasteiger partial charge in [-0.2, -0.15) is 4.31 Å². The van der Waals surface area contributed by atoms with Crippen molar-refractivity contribution in [3.63, 3.8) is 0 Å². The lowest BCUT2D eigenvalue weighted by Gasteiger charge is -2.16. The van der Waals surface area contributed by atoms with Crippen molar-refractivity contribution in [3.05, 3.63) is 29.8 Å². The van der Waals surface area contributed by atoms with Gasteiger partial charge in [0.1, 0.15) is 0 Å². The van der Waals surface area contributed by atoms with Gasteiger partial charge in [0.15, 0.2) is 0 Å². The van der Waals surface area contributed by atoms with Crippen molar-refractivity contribution < 1.29 is 13.2 Å². The Labute approximate surface area is 150 Å². The van der Waals surface area contributed by atoms with E-state index in [1.54, 1.807) is 18.2 Å². The van der Waals surface area contributed by atoms with E-state index in [0.29, 0.717) is 25.2 Å². The van der Waals surface area contributed by atoms with Crippen LogP contribution >= 0.6 is 0 Å². The Balaban J connectivity index is 1.55. The summed E-state index contributed by atoms with van der Waals surface area (Å²) in [5.74, 6) is -0.208. The summed E-state index contributed by atoms with van der Waals surface area (Å²) in [5, 5.41) is 2.90. The van der Waals surface area contributed by atoms with Crippen LogP contribution in [0, 0.1) is 0 Å². The molecule has 0 atom stereocenters. The number of amides is 1. The van der Waals surface area contributed by atoms with E-state index in [4.69, 9.17) is 0 Å². The molecule has 0 radical (unpaired) electrons. The maximum absolute atomic E-state index is 12.6. The molecule has 7 heteroatoms. The topological polar surface area (TPSA) is 69.7 Å². The zero-order chi connectivity index (χ0) is 17.7. The largest absolute Gasteiger partial charge is 0.352 e. The Hall–Kier alpha value is -1.44. The number of likely N-dealkylation sites (tertiary alicyclic amines) is 1. The Morgan fingerprint density at radius 2 is 1.72 bits per heavy atom. The standard InChI is InChI=1S/C18H27N3O3S/c22-18(19-9-6-12-20-10-1-2-11-20)16-7-5-8-17(15-16)25(23,24)21-13-3-4-14-21/h5,7-8,15H,1-4,6,9-14H2,(H,19,22). The van der Waals surface area contributed by atoms with E-state index in [9.17, 15) is 13.2 Å². The predicted octanol–water partition coefficient (Wildman–Crippen LogP) is 1.69. The molecule has 1 N–H and O–H groups in total. The lowest BCUT2D eigenvalue weighted by atomic mass is 10.2. The fourth-order valence-electron chi connectivity index (χ4n) is 3.49. The minimum Gasteiger partial charge on any atom is -0.352 e. The first-order valence-corrected chi connectivity index (χ1v) is 10.6. The van der Waals surface area contributed by atoms with E-state index < -0.39 is 10.0 Å². The lowest BCUT2D eigenvalue weighted by molar-refractivity contribution is 0.0952. The molecule has 0 aromatic heterocycles. The van der Waals surface area contributed by atoms with E-state index in [-0.39, 0.29) is 10.8 Å². The molecule has 0 aliphatic carbocycles. The number of hydrogen-bond donors (Lipinski definition) is 1. The quantitative estimate of drug-likeness (QED) is 0.747. The van der Waals surface area contributed by atoms with Gasteiger partial charge >= 0.3 is 0 Å². The van der Waals surface area contributed by atoms with Gasteiger partial charge in [-0.25, -0.2) is 8.42 Å². The van der Waals surface area contributed by atoms with Crippen LogP contribution in [0.15, 0.2) is 29.2 Å². The number of benzene rings is 1. The van der Waals surface area contributed by atoms with Crippen molar-refractivity contribution in [2.75, 3.05) is 39.3 Å². The predicted molar refractivity (Wildman–Crippen MR) is 97.1 cm³/mol. The molecule has 2 saturated heterocycles.